The minimum atomic E-state index is -0.651. The van der Waals surface area contributed by atoms with Crippen molar-refractivity contribution in [3.8, 4) is 0 Å². The van der Waals surface area contributed by atoms with Gasteiger partial charge in [-0.3, -0.25) is 9.59 Å². The van der Waals surface area contributed by atoms with Gasteiger partial charge in [-0.25, -0.2) is 0 Å². The Kier molecular flexibility index (Phi) is 7.82. The van der Waals surface area contributed by atoms with E-state index in [0.29, 0.717) is 23.7 Å². The highest BCUT2D eigenvalue weighted by Crippen LogP contribution is 2.15. The highest BCUT2D eigenvalue weighted by atomic mass is 35.5. The van der Waals surface area contributed by atoms with Crippen molar-refractivity contribution in [1.82, 2.24) is 10.6 Å². The second kappa shape index (κ2) is 10.1. The van der Waals surface area contributed by atoms with Crippen LogP contribution >= 0.6 is 11.6 Å². The fraction of sp³-hybridized carbons (Fsp3) is 0.333. The molecule has 0 spiro atoms. The van der Waals surface area contributed by atoms with Crippen LogP contribution < -0.4 is 10.6 Å². The quantitative estimate of drug-likeness (QED) is 0.726. The number of hydrogen-bond donors (Lipinski definition) is 2. The third-order valence-corrected chi connectivity index (χ3v) is 4.48. The van der Waals surface area contributed by atoms with Gasteiger partial charge in [-0.1, -0.05) is 61.8 Å². The Balaban J connectivity index is 1.98. The van der Waals surface area contributed by atoms with Crippen LogP contribution in [0.5, 0.6) is 0 Å². The second-order valence-corrected chi connectivity index (χ2v) is 7.05. The van der Waals surface area contributed by atoms with E-state index in [2.05, 4.69) is 10.6 Å². The van der Waals surface area contributed by atoms with Crippen molar-refractivity contribution in [2.45, 2.75) is 33.0 Å². The Hall–Kier alpha value is -2.37. The predicted octanol–water partition coefficient (Wildman–Crippen LogP) is 3.56. The van der Waals surface area contributed by atoms with Gasteiger partial charge in [0.25, 0.3) is 5.91 Å². The second-order valence-electron chi connectivity index (χ2n) is 6.64. The Morgan fingerprint density at radius 1 is 1.04 bits per heavy atom. The maximum absolute atomic E-state index is 12.6. The molecule has 0 heterocycles. The maximum atomic E-state index is 12.6. The number of rotatable bonds is 8. The summed E-state index contributed by atoms with van der Waals surface area (Å²) in [5, 5.41) is 6.02. The molecule has 2 amide bonds. The molecular weight excluding hydrogens is 364 g/mol. The van der Waals surface area contributed by atoms with Crippen molar-refractivity contribution in [3.63, 3.8) is 0 Å². The third-order valence-electron chi connectivity index (χ3n) is 4.15. The number of methoxy groups -OCH3 is 1. The van der Waals surface area contributed by atoms with Crippen LogP contribution in [0.4, 0.5) is 0 Å². The van der Waals surface area contributed by atoms with Gasteiger partial charge in [-0.2, -0.15) is 0 Å². The molecule has 0 radical (unpaired) electrons. The maximum Gasteiger partial charge on any atom is 0.253 e. The summed E-state index contributed by atoms with van der Waals surface area (Å²) in [4.78, 5) is 25.1. The molecular formula is C21H25ClN2O3. The van der Waals surface area contributed by atoms with Gasteiger partial charge in [0, 0.05) is 13.7 Å². The molecule has 0 aliphatic carbocycles. The lowest BCUT2D eigenvalue weighted by Gasteiger charge is -2.22. The number of amides is 2. The summed E-state index contributed by atoms with van der Waals surface area (Å²) in [6, 6.07) is 13.9. The summed E-state index contributed by atoms with van der Waals surface area (Å²) in [7, 11) is 1.65. The van der Waals surface area contributed by atoms with E-state index in [0.717, 1.165) is 11.1 Å². The monoisotopic (exact) mass is 388 g/mol. The molecule has 0 aromatic heterocycles. The van der Waals surface area contributed by atoms with Gasteiger partial charge in [0.2, 0.25) is 5.91 Å². The fourth-order valence-electron chi connectivity index (χ4n) is 2.62. The van der Waals surface area contributed by atoms with E-state index in [-0.39, 0.29) is 17.7 Å². The molecule has 1 unspecified atom stereocenters. The topological polar surface area (TPSA) is 67.4 Å². The first-order valence-electron chi connectivity index (χ1n) is 8.82. The minimum Gasteiger partial charge on any atom is -0.380 e. The zero-order valence-electron chi connectivity index (χ0n) is 15.8. The van der Waals surface area contributed by atoms with Gasteiger partial charge in [0.1, 0.15) is 6.04 Å². The minimum absolute atomic E-state index is 0.0690. The van der Waals surface area contributed by atoms with E-state index < -0.39 is 6.04 Å². The van der Waals surface area contributed by atoms with Crippen molar-refractivity contribution in [2.75, 3.05) is 7.11 Å². The van der Waals surface area contributed by atoms with E-state index in [4.69, 9.17) is 16.3 Å². The zero-order chi connectivity index (χ0) is 19.8. The van der Waals surface area contributed by atoms with E-state index >= 15 is 0 Å². The highest BCUT2D eigenvalue weighted by molar-refractivity contribution is 6.33. The SMILES string of the molecule is COCc1ccc(CNC(=O)C(NC(=O)c2ccccc2Cl)C(C)C)cc1. The van der Waals surface area contributed by atoms with Crippen LogP contribution in [0.2, 0.25) is 5.02 Å². The van der Waals surface area contributed by atoms with Gasteiger partial charge >= 0.3 is 0 Å². The van der Waals surface area contributed by atoms with Crippen molar-refractivity contribution in [2.24, 2.45) is 5.92 Å². The lowest BCUT2D eigenvalue weighted by atomic mass is 10.0. The number of hydrogen-bond acceptors (Lipinski definition) is 3. The van der Waals surface area contributed by atoms with Gasteiger partial charge in [0.15, 0.2) is 0 Å². The van der Waals surface area contributed by atoms with Crippen LogP contribution in [0, 0.1) is 5.92 Å². The molecule has 2 aromatic rings. The average Bonchev–Trinajstić information content (AvgIpc) is 2.65. The van der Waals surface area contributed by atoms with Crippen molar-refractivity contribution >= 4 is 23.4 Å². The lowest BCUT2D eigenvalue weighted by molar-refractivity contribution is -0.124. The summed E-state index contributed by atoms with van der Waals surface area (Å²) < 4.78 is 5.09. The predicted molar refractivity (Wildman–Crippen MR) is 107 cm³/mol. The molecule has 144 valence electrons. The summed E-state index contributed by atoms with van der Waals surface area (Å²) in [6.45, 7) is 4.71. The number of ether oxygens (including phenoxy) is 1. The van der Waals surface area contributed by atoms with Crippen LogP contribution in [-0.4, -0.2) is 25.0 Å². The fourth-order valence-corrected chi connectivity index (χ4v) is 2.84. The van der Waals surface area contributed by atoms with Gasteiger partial charge in [-0.05, 0) is 29.2 Å². The number of benzene rings is 2. The van der Waals surface area contributed by atoms with Crippen LogP contribution in [0.1, 0.15) is 35.3 Å². The van der Waals surface area contributed by atoms with E-state index in [1.54, 1.807) is 31.4 Å². The molecule has 27 heavy (non-hydrogen) atoms. The number of halogens is 1. The molecule has 0 saturated heterocycles. The molecule has 0 fully saturated rings. The van der Waals surface area contributed by atoms with Gasteiger partial charge < -0.3 is 15.4 Å². The summed E-state index contributed by atoms with van der Waals surface area (Å²) in [5.74, 6) is -0.662. The van der Waals surface area contributed by atoms with Crippen LogP contribution in [0.3, 0.4) is 0 Å². The molecule has 0 saturated carbocycles. The summed E-state index contributed by atoms with van der Waals surface area (Å²) in [5.41, 5.74) is 2.40. The van der Waals surface area contributed by atoms with Crippen LogP contribution in [-0.2, 0) is 22.7 Å². The molecule has 5 nitrogen and oxygen atoms in total. The summed E-state index contributed by atoms with van der Waals surface area (Å²) >= 11 is 6.07. The highest BCUT2D eigenvalue weighted by Gasteiger charge is 2.25. The van der Waals surface area contributed by atoms with E-state index in [9.17, 15) is 9.59 Å². The van der Waals surface area contributed by atoms with Crippen molar-refractivity contribution < 1.29 is 14.3 Å². The third kappa shape index (κ3) is 6.08. The van der Waals surface area contributed by atoms with Crippen LogP contribution in [0.15, 0.2) is 48.5 Å². The molecule has 2 aromatic carbocycles. The van der Waals surface area contributed by atoms with E-state index in [1.807, 2.05) is 38.1 Å². The Labute approximate surface area is 165 Å². The Morgan fingerprint density at radius 2 is 1.67 bits per heavy atom. The van der Waals surface area contributed by atoms with Crippen molar-refractivity contribution in [1.29, 1.82) is 0 Å². The Morgan fingerprint density at radius 3 is 2.26 bits per heavy atom. The summed E-state index contributed by atoms with van der Waals surface area (Å²) in [6.07, 6.45) is 0. The first-order chi connectivity index (χ1) is 12.9. The standard InChI is InChI=1S/C21H25ClN2O3/c1-14(2)19(24-20(25)17-6-4-5-7-18(17)22)21(26)23-12-15-8-10-16(11-9-15)13-27-3/h4-11,14,19H,12-13H2,1-3H3,(H,23,26)(H,24,25). The van der Waals surface area contributed by atoms with Gasteiger partial charge in [-0.15, -0.1) is 0 Å². The Bertz CT molecular complexity index is 775. The molecule has 1 atom stereocenters. The average molecular weight is 389 g/mol. The van der Waals surface area contributed by atoms with Crippen LogP contribution in [0.25, 0.3) is 0 Å². The molecule has 2 N–H and O–H groups in total. The largest absolute Gasteiger partial charge is 0.380 e. The van der Waals surface area contributed by atoms with E-state index in [1.165, 1.54) is 0 Å². The zero-order valence-corrected chi connectivity index (χ0v) is 16.5. The first-order valence-corrected chi connectivity index (χ1v) is 9.20. The first kappa shape index (κ1) is 20.9. The molecule has 6 heteroatoms. The molecule has 2 rings (SSSR count). The lowest BCUT2D eigenvalue weighted by Crippen LogP contribution is -2.49. The number of nitrogens with one attached hydrogen (secondary N) is 2. The smallest absolute Gasteiger partial charge is 0.253 e. The van der Waals surface area contributed by atoms with Crippen molar-refractivity contribution in [3.05, 3.63) is 70.2 Å². The molecule has 0 aliphatic heterocycles. The number of carbonyl (C=O) groups is 2. The normalized spacial score (nSPS) is 11.9. The molecule has 0 aliphatic rings. The van der Waals surface area contributed by atoms with Gasteiger partial charge in [0.05, 0.1) is 17.2 Å². The number of carbonyl (C=O) groups excluding carboxylic acids is 2. The molecule has 0 bridgehead atoms.